The predicted molar refractivity (Wildman–Crippen MR) is 88.6 cm³/mol. The van der Waals surface area contributed by atoms with Gasteiger partial charge in [0.2, 0.25) is 0 Å². The third kappa shape index (κ3) is 5.20. The van der Waals surface area contributed by atoms with Crippen molar-refractivity contribution >= 4 is 23.5 Å². The Morgan fingerprint density at radius 3 is 2.57 bits per heavy atom. The van der Waals surface area contributed by atoms with Gasteiger partial charge >= 0.3 is 6.03 Å². The number of rotatable bonds is 4. The van der Waals surface area contributed by atoms with Crippen LogP contribution in [0.1, 0.15) is 12.5 Å². The van der Waals surface area contributed by atoms with Gasteiger partial charge in [-0.3, -0.25) is 10.1 Å². The van der Waals surface area contributed by atoms with Crippen LogP contribution in [0.5, 0.6) is 0 Å². The van der Waals surface area contributed by atoms with Crippen molar-refractivity contribution in [3.8, 4) is 0 Å². The van der Waals surface area contributed by atoms with Gasteiger partial charge < -0.3 is 15.1 Å². The van der Waals surface area contributed by atoms with Crippen molar-refractivity contribution in [2.45, 2.75) is 19.5 Å². The average molecular weight is 341 g/mol. The largest absolute Gasteiger partial charge is 0.341 e. The van der Waals surface area contributed by atoms with Crippen LogP contribution in [0.3, 0.4) is 0 Å². The maximum absolute atomic E-state index is 12.0. The molecule has 0 saturated carbocycles. The normalized spacial score (nSPS) is 22.2. The van der Waals surface area contributed by atoms with E-state index in [-0.39, 0.29) is 11.9 Å². The molecule has 0 radical (unpaired) electrons. The van der Waals surface area contributed by atoms with Crippen LogP contribution >= 0.6 is 11.6 Å². The van der Waals surface area contributed by atoms with Gasteiger partial charge in [-0.2, -0.15) is 0 Å². The quantitative estimate of drug-likeness (QED) is 0.537. The second-order valence-electron chi connectivity index (χ2n) is 6.01. The number of nitrogens with one attached hydrogen (secondary N) is 4. The Kier molecular flexibility index (Phi) is 6.38. The Labute approximate surface area is 141 Å². The topological polar surface area (TPSA) is 67.1 Å². The first kappa shape index (κ1) is 17.7. The highest BCUT2D eigenvalue weighted by Crippen LogP contribution is 2.09. The van der Waals surface area contributed by atoms with Crippen LogP contribution in [-0.4, -0.2) is 51.2 Å². The molecule has 3 amide bonds. The first-order valence-corrected chi connectivity index (χ1v) is 8.32. The van der Waals surface area contributed by atoms with E-state index in [1.165, 1.54) is 22.4 Å². The summed E-state index contributed by atoms with van der Waals surface area (Å²) in [5.41, 5.74) is 1.24. The van der Waals surface area contributed by atoms with Gasteiger partial charge in [-0.15, -0.1) is 0 Å². The molecule has 1 saturated heterocycles. The number of piperazine rings is 1. The summed E-state index contributed by atoms with van der Waals surface area (Å²) in [5, 5.41) is 5.52. The van der Waals surface area contributed by atoms with Gasteiger partial charge in [0, 0.05) is 17.6 Å². The molecule has 0 aliphatic carbocycles. The number of benzene rings is 1. The molecular weight excluding hydrogens is 316 g/mol. The molecule has 1 heterocycles. The van der Waals surface area contributed by atoms with Crippen molar-refractivity contribution in [2.24, 2.45) is 0 Å². The fraction of sp³-hybridized carbons (Fsp3) is 0.500. The van der Waals surface area contributed by atoms with E-state index in [4.69, 9.17) is 11.6 Å². The molecule has 1 aliphatic rings. The Hall–Kier alpha value is -1.63. The number of hydrogen-bond donors (Lipinski definition) is 4. The number of halogens is 1. The number of carbonyl (C=O) groups excluding carboxylic acids is 2. The number of urea groups is 1. The predicted octanol–water partition coefficient (Wildman–Crippen LogP) is -1.53. The summed E-state index contributed by atoms with van der Waals surface area (Å²) in [6.45, 7) is 6.65. The zero-order valence-corrected chi connectivity index (χ0v) is 14.4. The van der Waals surface area contributed by atoms with Crippen molar-refractivity contribution in [2.75, 3.05) is 33.2 Å². The second-order valence-corrected chi connectivity index (χ2v) is 6.44. The number of quaternary nitrogens is 2. The van der Waals surface area contributed by atoms with Crippen LogP contribution in [0.4, 0.5) is 4.79 Å². The first-order chi connectivity index (χ1) is 11.0. The monoisotopic (exact) mass is 340 g/mol. The van der Waals surface area contributed by atoms with Gasteiger partial charge in [0.25, 0.3) is 5.91 Å². The minimum absolute atomic E-state index is 0.222. The van der Waals surface area contributed by atoms with E-state index in [2.05, 4.69) is 16.7 Å². The van der Waals surface area contributed by atoms with E-state index < -0.39 is 6.03 Å². The van der Waals surface area contributed by atoms with Gasteiger partial charge in [0.1, 0.15) is 32.7 Å². The van der Waals surface area contributed by atoms with Crippen LogP contribution in [-0.2, 0) is 11.3 Å². The van der Waals surface area contributed by atoms with Crippen molar-refractivity contribution in [1.82, 2.24) is 10.6 Å². The van der Waals surface area contributed by atoms with E-state index in [0.717, 1.165) is 37.7 Å². The third-order valence-corrected chi connectivity index (χ3v) is 4.65. The summed E-state index contributed by atoms with van der Waals surface area (Å²) in [5.74, 6) is -0.224. The van der Waals surface area contributed by atoms with Crippen LogP contribution < -0.4 is 20.4 Å². The van der Waals surface area contributed by atoms with Crippen molar-refractivity contribution < 1.29 is 19.4 Å². The lowest BCUT2D eigenvalue weighted by atomic mass is 10.1. The summed E-state index contributed by atoms with van der Waals surface area (Å²) in [6, 6.07) is 7.29. The van der Waals surface area contributed by atoms with Gasteiger partial charge in [-0.25, -0.2) is 4.79 Å². The molecule has 126 valence electrons. The number of amides is 3. The van der Waals surface area contributed by atoms with Crippen molar-refractivity contribution in [3.63, 3.8) is 0 Å². The highest BCUT2D eigenvalue weighted by atomic mass is 35.5. The maximum Gasteiger partial charge on any atom is 0.321 e. The van der Waals surface area contributed by atoms with Gasteiger partial charge in [0.05, 0.1) is 0 Å². The van der Waals surface area contributed by atoms with E-state index in [9.17, 15) is 9.59 Å². The van der Waals surface area contributed by atoms with Crippen LogP contribution in [0.15, 0.2) is 24.3 Å². The number of imide groups is 1. The number of hydrogen-bond acceptors (Lipinski definition) is 2. The van der Waals surface area contributed by atoms with E-state index in [0.29, 0.717) is 0 Å². The average Bonchev–Trinajstić information content (AvgIpc) is 2.54. The van der Waals surface area contributed by atoms with Crippen LogP contribution in [0, 0.1) is 0 Å². The summed E-state index contributed by atoms with van der Waals surface area (Å²) in [4.78, 5) is 26.0. The van der Waals surface area contributed by atoms with Crippen molar-refractivity contribution in [3.05, 3.63) is 34.9 Å². The molecule has 7 heteroatoms. The Morgan fingerprint density at radius 1 is 1.26 bits per heavy atom. The SMILES string of the molecule is CNC(=O)NC(=O)[C@H](C)[NH+]1CC[NH+](Cc2cccc(Cl)c2)CC1. The molecule has 0 aromatic heterocycles. The minimum atomic E-state index is -0.452. The maximum atomic E-state index is 12.0. The molecule has 2 rings (SSSR count). The molecule has 6 nitrogen and oxygen atoms in total. The molecule has 1 aromatic rings. The van der Waals surface area contributed by atoms with E-state index in [1.807, 2.05) is 25.1 Å². The van der Waals surface area contributed by atoms with Crippen LogP contribution in [0.2, 0.25) is 5.02 Å². The zero-order chi connectivity index (χ0) is 16.8. The number of carbonyl (C=O) groups is 2. The lowest BCUT2D eigenvalue weighted by Crippen LogP contribution is -3.29. The molecule has 23 heavy (non-hydrogen) atoms. The molecule has 0 bridgehead atoms. The van der Waals surface area contributed by atoms with E-state index >= 15 is 0 Å². The highest BCUT2D eigenvalue weighted by molar-refractivity contribution is 6.30. The lowest BCUT2D eigenvalue weighted by Gasteiger charge is -2.32. The van der Waals surface area contributed by atoms with Crippen LogP contribution in [0.25, 0.3) is 0 Å². The molecular formula is C16H25ClN4O2+2. The van der Waals surface area contributed by atoms with Gasteiger partial charge in [-0.05, 0) is 19.1 Å². The molecule has 1 aromatic carbocycles. The van der Waals surface area contributed by atoms with Gasteiger partial charge in [-0.1, -0.05) is 23.7 Å². The highest BCUT2D eigenvalue weighted by Gasteiger charge is 2.31. The fourth-order valence-electron chi connectivity index (χ4n) is 2.94. The second kappa shape index (κ2) is 8.29. The molecule has 1 atom stereocenters. The smallest absolute Gasteiger partial charge is 0.321 e. The molecule has 1 fully saturated rings. The molecule has 0 spiro atoms. The van der Waals surface area contributed by atoms with E-state index in [1.54, 1.807) is 0 Å². The summed E-state index contributed by atoms with van der Waals surface area (Å²) >= 11 is 6.03. The Bertz CT molecular complexity index is 559. The molecule has 4 N–H and O–H groups in total. The molecule has 1 aliphatic heterocycles. The van der Waals surface area contributed by atoms with Crippen molar-refractivity contribution in [1.29, 1.82) is 0 Å². The summed E-state index contributed by atoms with van der Waals surface area (Å²) in [7, 11) is 1.50. The first-order valence-electron chi connectivity index (χ1n) is 7.94. The standard InChI is InChI=1S/C16H23ClN4O2/c1-12(15(22)19-16(23)18-2)21-8-6-20(7-9-21)11-13-4-3-5-14(17)10-13/h3-5,10,12H,6-9,11H2,1-2H3,(H2,18,19,22,23)/p+2/t12-/m0/s1. The lowest BCUT2D eigenvalue weighted by molar-refractivity contribution is -1.02. The van der Waals surface area contributed by atoms with Gasteiger partial charge in [0.15, 0.2) is 6.04 Å². The Morgan fingerprint density at radius 2 is 1.96 bits per heavy atom. The summed E-state index contributed by atoms with van der Waals surface area (Å²) < 4.78 is 0. The third-order valence-electron chi connectivity index (χ3n) is 4.41. The summed E-state index contributed by atoms with van der Waals surface area (Å²) in [6.07, 6.45) is 0. The fourth-order valence-corrected chi connectivity index (χ4v) is 3.15. The zero-order valence-electron chi connectivity index (χ0n) is 13.6. The minimum Gasteiger partial charge on any atom is -0.341 e. The molecule has 0 unspecified atom stereocenters. The Balaban J connectivity index is 1.81.